The Labute approximate surface area is 147 Å². The van der Waals surface area contributed by atoms with E-state index in [4.69, 9.17) is 0 Å². The highest BCUT2D eigenvalue weighted by molar-refractivity contribution is 5.92. The van der Waals surface area contributed by atoms with E-state index in [1.165, 1.54) is 5.56 Å². The maximum Gasteiger partial charge on any atom is 0.274 e. The molecule has 1 unspecified atom stereocenters. The lowest BCUT2D eigenvalue weighted by atomic mass is 9.84. The van der Waals surface area contributed by atoms with Crippen molar-refractivity contribution in [2.24, 2.45) is 0 Å². The maximum atomic E-state index is 13.5. The number of aromatic nitrogens is 2. The molecule has 3 heterocycles. The van der Waals surface area contributed by atoms with E-state index in [1.54, 1.807) is 18.5 Å². The molecule has 2 aromatic rings. The summed E-state index contributed by atoms with van der Waals surface area (Å²) in [5, 5.41) is 0. The molecule has 0 aliphatic carbocycles. The van der Waals surface area contributed by atoms with Gasteiger partial charge in [0.25, 0.3) is 5.91 Å². The van der Waals surface area contributed by atoms with Crippen LogP contribution in [0.1, 0.15) is 58.9 Å². The highest BCUT2D eigenvalue weighted by Gasteiger charge is 2.44. The summed E-state index contributed by atoms with van der Waals surface area (Å²) < 4.78 is 13.5. The van der Waals surface area contributed by atoms with Crippen LogP contribution in [0.4, 0.5) is 4.39 Å². The van der Waals surface area contributed by atoms with Gasteiger partial charge in [0.2, 0.25) is 0 Å². The Balaban J connectivity index is 1.54. The minimum absolute atomic E-state index is 0.00580. The molecule has 3 atom stereocenters. The average molecular weight is 339 g/mol. The first-order chi connectivity index (χ1) is 12.0. The third-order valence-electron chi connectivity index (χ3n) is 5.62. The van der Waals surface area contributed by atoms with E-state index in [1.807, 2.05) is 30.9 Å². The number of piperidine rings is 1. The van der Waals surface area contributed by atoms with Gasteiger partial charge in [0, 0.05) is 18.3 Å². The first kappa shape index (κ1) is 16.2. The van der Waals surface area contributed by atoms with Crippen LogP contribution in [0.25, 0.3) is 0 Å². The van der Waals surface area contributed by atoms with Gasteiger partial charge in [-0.1, -0.05) is 12.1 Å². The molecule has 0 N–H and O–H groups in total. The van der Waals surface area contributed by atoms with Gasteiger partial charge in [-0.05, 0) is 62.6 Å². The van der Waals surface area contributed by atoms with E-state index in [9.17, 15) is 9.18 Å². The number of amides is 1. The first-order valence-corrected chi connectivity index (χ1v) is 8.90. The van der Waals surface area contributed by atoms with Crippen molar-refractivity contribution in [1.29, 1.82) is 0 Å². The number of halogens is 1. The van der Waals surface area contributed by atoms with Crippen LogP contribution in [0.15, 0.2) is 30.6 Å². The fourth-order valence-electron chi connectivity index (χ4n) is 4.34. The summed E-state index contributed by atoms with van der Waals surface area (Å²) in [6.45, 7) is 3.67. The molecule has 25 heavy (non-hydrogen) atoms. The second-order valence-corrected chi connectivity index (χ2v) is 7.32. The normalized spacial score (nSPS) is 25.2. The number of carbonyl (C=O) groups is 1. The number of fused-ring (bicyclic) bond motifs is 2. The monoisotopic (exact) mass is 339 g/mol. The Bertz CT molecular complexity index is 791. The molecule has 0 spiro atoms. The molecule has 4 rings (SSSR count). The van der Waals surface area contributed by atoms with Crippen molar-refractivity contribution in [3.05, 3.63) is 58.9 Å². The molecule has 2 fully saturated rings. The zero-order chi connectivity index (χ0) is 17.6. The topological polar surface area (TPSA) is 46.1 Å². The SMILES string of the molecule is Cc1cnc(C(=O)N2[C@@H]3CC[C@H]2CC(c2ccc(F)c(C)c2)C3)cn1. The van der Waals surface area contributed by atoms with Crippen molar-refractivity contribution in [3.63, 3.8) is 0 Å². The second-order valence-electron chi connectivity index (χ2n) is 7.32. The van der Waals surface area contributed by atoms with E-state index in [2.05, 4.69) is 9.97 Å². The van der Waals surface area contributed by atoms with Gasteiger partial charge in [0.05, 0.1) is 11.9 Å². The number of rotatable bonds is 2. The standard InChI is InChI=1S/C20H22FN3O/c1-12-7-14(3-6-18(12)21)15-8-16-4-5-17(9-15)24(16)20(25)19-11-22-13(2)10-23-19/h3,6-7,10-11,15-17H,4-5,8-9H2,1-2H3/t15?,16-,17+. The van der Waals surface area contributed by atoms with Crippen molar-refractivity contribution in [3.8, 4) is 0 Å². The lowest BCUT2D eigenvalue weighted by Gasteiger charge is -2.39. The fourth-order valence-corrected chi connectivity index (χ4v) is 4.34. The van der Waals surface area contributed by atoms with Gasteiger partial charge in [-0.3, -0.25) is 9.78 Å². The van der Waals surface area contributed by atoms with E-state index in [0.29, 0.717) is 17.2 Å². The number of hydrogen-bond donors (Lipinski definition) is 0. The quantitative estimate of drug-likeness (QED) is 0.836. The largest absolute Gasteiger partial charge is 0.331 e. The zero-order valence-electron chi connectivity index (χ0n) is 14.6. The molecule has 1 amide bonds. The molecule has 0 saturated carbocycles. The minimum Gasteiger partial charge on any atom is -0.331 e. The highest BCUT2D eigenvalue weighted by Crippen LogP contribution is 2.43. The predicted molar refractivity (Wildman–Crippen MR) is 92.9 cm³/mol. The predicted octanol–water partition coefficient (Wildman–Crippen LogP) is 3.78. The zero-order valence-corrected chi connectivity index (χ0v) is 14.6. The molecule has 5 heteroatoms. The minimum atomic E-state index is -0.155. The summed E-state index contributed by atoms with van der Waals surface area (Å²) in [6.07, 6.45) is 7.16. The lowest BCUT2D eigenvalue weighted by molar-refractivity contribution is 0.0565. The smallest absolute Gasteiger partial charge is 0.274 e. The molecule has 130 valence electrons. The van der Waals surface area contributed by atoms with Crippen molar-refractivity contribution in [1.82, 2.24) is 14.9 Å². The van der Waals surface area contributed by atoms with Gasteiger partial charge in [-0.25, -0.2) is 9.37 Å². The van der Waals surface area contributed by atoms with Crippen molar-refractivity contribution < 1.29 is 9.18 Å². The van der Waals surface area contributed by atoms with E-state index in [-0.39, 0.29) is 23.8 Å². The van der Waals surface area contributed by atoms with Crippen LogP contribution < -0.4 is 0 Å². The van der Waals surface area contributed by atoms with Crippen LogP contribution in [-0.2, 0) is 0 Å². The molecule has 4 nitrogen and oxygen atoms in total. The molecule has 2 aliphatic rings. The Morgan fingerprint density at radius 1 is 1.12 bits per heavy atom. The molecular formula is C20H22FN3O. The second kappa shape index (κ2) is 6.21. The van der Waals surface area contributed by atoms with E-state index < -0.39 is 0 Å². The van der Waals surface area contributed by atoms with Crippen LogP contribution in [0.2, 0.25) is 0 Å². The van der Waals surface area contributed by atoms with Crippen LogP contribution >= 0.6 is 0 Å². The molecule has 1 aromatic carbocycles. The maximum absolute atomic E-state index is 13.5. The van der Waals surface area contributed by atoms with E-state index in [0.717, 1.165) is 31.4 Å². The number of aryl methyl sites for hydroxylation is 2. The summed E-state index contributed by atoms with van der Waals surface area (Å²) in [5.41, 5.74) is 3.12. The van der Waals surface area contributed by atoms with Gasteiger partial charge in [-0.15, -0.1) is 0 Å². The van der Waals surface area contributed by atoms with Crippen LogP contribution in [-0.4, -0.2) is 32.9 Å². The molecule has 2 aliphatic heterocycles. The van der Waals surface area contributed by atoms with E-state index >= 15 is 0 Å². The van der Waals surface area contributed by atoms with Gasteiger partial charge in [0.1, 0.15) is 11.5 Å². The summed E-state index contributed by atoms with van der Waals surface area (Å²) in [7, 11) is 0. The van der Waals surface area contributed by atoms with Crippen molar-refractivity contribution in [2.45, 2.75) is 57.5 Å². The van der Waals surface area contributed by atoms with Crippen molar-refractivity contribution >= 4 is 5.91 Å². The van der Waals surface area contributed by atoms with Crippen LogP contribution in [0.3, 0.4) is 0 Å². The van der Waals surface area contributed by atoms with Gasteiger partial charge >= 0.3 is 0 Å². The first-order valence-electron chi connectivity index (χ1n) is 8.90. The molecule has 0 radical (unpaired) electrons. The fraction of sp³-hybridized carbons (Fsp3) is 0.450. The Morgan fingerprint density at radius 2 is 1.84 bits per heavy atom. The molecule has 2 saturated heterocycles. The molecular weight excluding hydrogens is 317 g/mol. The molecule has 1 aromatic heterocycles. The highest BCUT2D eigenvalue weighted by atomic mass is 19.1. The number of nitrogens with zero attached hydrogens (tertiary/aromatic N) is 3. The summed E-state index contributed by atoms with van der Waals surface area (Å²) in [6, 6.07) is 5.90. The summed E-state index contributed by atoms with van der Waals surface area (Å²) in [4.78, 5) is 23.4. The van der Waals surface area contributed by atoms with Crippen molar-refractivity contribution in [2.75, 3.05) is 0 Å². The van der Waals surface area contributed by atoms with Crippen LogP contribution in [0, 0.1) is 19.7 Å². The third-order valence-corrected chi connectivity index (χ3v) is 5.62. The molecule has 2 bridgehead atoms. The summed E-state index contributed by atoms with van der Waals surface area (Å²) in [5.74, 6) is 0.232. The Kier molecular flexibility index (Phi) is 4.02. The lowest BCUT2D eigenvalue weighted by Crippen LogP contribution is -2.46. The Hall–Kier alpha value is -2.30. The number of hydrogen-bond acceptors (Lipinski definition) is 3. The number of benzene rings is 1. The third kappa shape index (κ3) is 2.92. The summed E-state index contributed by atoms with van der Waals surface area (Å²) >= 11 is 0. The van der Waals surface area contributed by atoms with Crippen LogP contribution in [0.5, 0.6) is 0 Å². The van der Waals surface area contributed by atoms with Gasteiger partial charge in [-0.2, -0.15) is 0 Å². The average Bonchev–Trinajstić information content (AvgIpc) is 2.87. The van der Waals surface area contributed by atoms with Gasteiger partial charge < -0.3 is 4.90 Å². The van der Waals surface area contributed by atoms with Gasteiger partial charge in [0.15, 0.2) is 0 Å². The number of carbonyl (C=O) groups excluding carboxylic acids is 1. The Morgan fingerprint density at radius 3 is 2.44 bits per heavy atom.